The van der Waals surface area contributed by atoms with Crippen molar-refractivity contribution in [2.75, 3.05) is 25.5 Å². The number of Topliss-reactive ketones (excluding diaryl/α,β-unsaturated/α-hetero) is 2. The highest BCUT2D eigenvalue weighted by molar-refractivity contribution is 7.79. The van der Waals surface area contributed by atoms with E-state index in [1.54, 1.807) is 14.1 Å². The van der Waals surface area contributed by atoms with Gasteiger partial charge in [-0.15, -0.1) is 0 Å². The van der Waals surface area contributed by atoms with E-state index >= 15 is 0 Å². The standard InChI is InChI=1S/C29H38N4O9.H2O4S/c1-6-8-9-32(13(3)7-2)17-12-18(33(41)42)23(34)20-15(17)10-14-11-16-22(31(4)5)25(36)21(28(30)39)27(38)29(16,40)26(37)19(14)24(20)35;1-5(2,3)4/h12-14,16,22,34,36-37,40H,6-11H2,1-5H3,(H2,30,39);(H2,1,2,3,4)/t13?,14?,16?,22-,29-;/m0./s1. The van der Waals surface area contributed by atoms with E-state index in [2.05, 4.69) is 0 Å². The monoisotopic (exact) mass is 684 g/mol. The van der Waals surface area contributed by atoms with Crippen LogP contribution in [0, 0.1) is 22.0 Å². The summed E-state index contributed by atoms with van der Waals surface area (Å²) >= 11 is 0. The number of aliphatic hydroxyl groups is 3. The van der Waals surface area contributed by atoms with Crippen LogP contribution in [0.2, 0.25) is 0 Å². The van der Waals surface area contributed by atoms with Crippen LogP contribution in [0.25, 0.3) is 0 Å². The van der Waals surface area contributed by atoms with Gasteiger partial charge < -0.3 is 31.1 Å². The maximum Gasteiger partial charge on any atom is 0.394 e. The predicted octanol–water partition coefficient (Wildman–Crippen LogP) is 1.78. The highest BCUT2D eigenvalue weighted by Crippen LogP contribution is 2.54. The normalized spacial score (nSPS) is 24.6. The first kappa shape index (κ1) is 37.4. The zero-order valence-electron chi connectivity index (χ0n) is 26.5. The second-order valence-corrected chi connectivity index (χ2v) is 13.0. The highest BCUT2D eigenvalue weighted by Gasteiger charge is 2.63. The Bertz CT molecular complexity index is 1660. The van der Waals surface area contributed by atoms with E-state index < -0.39 is 84.8 Å². The van der Waals surface area contributed by atoms with Gasteiger partial charge in [0.1, 0.15) is 17.1 Å². The van der Waals surface area contributed by atoms with E-state index in [1.165, 1.54) is 11.0 Å². The number of likely N-dealkylation sites (N-methyl/N-ethyl adjacent to an activating group) is 1. The summed E-state index contributed by atoms with van der Waals surface area (Å²) in [6, 6.07) is 0.101. The molecular formula is C29H40N4O13S. The summed E-state index contributed by atoms with van der Waals surface area (Å²) in [5, 5.41) is 57.2. The van der Waals surface area contributed by atoms with Gasteiger partial charge in [0.15, 0.2) is 11.4 Å². The Kier molecular flexibility index (Phi) is 10.8. The van der Waals surface area contributed by atoms with Crippen LogP contribution in [0.5, 0.6) is 5.75 Å². The largest absolute Gasteiger partial charge is 0.510 e. The number of hydrogen-bond acceptors (Lipinski definition) is 13. The number of primary amides is 1. The summed E-state index contributed by atoms with van der Waals surface area (Å²) in [4.78, 5) is 54.4. The first-order valence-electron chi connectivity index (χ1n) is 14.8. The number of anilines is 1. The van der Waals surface area contributed by atoms with Crippen molar-refractivity contribution in [2.45, 2.75) is 70.6 Å². The number of allylic oxidation sites excluding steroid dienone is 1. The Morgan fingerprint density at radius 1 is 1.19 bits per heavy atom. The molecule has 3 unspecified atom stereocenters. The Hall–Kier alpha value is -4.10. The van der Waals surface area contributed by atoms with Crippen molar-refractivity contribution in [2.24, 2.45) is 17.6 Å². The number of hydrogen-bond donors (Lipinski definition) is 7. The third-order valence-corrected chi connectivity index (χ3v) is 9.06. The Morgan fingerprint density at radius 2 is 1.77 bits per heavy atom. The molecule has 8 N–H and O–H groups in total. The van der Waals surface area contributed by atoms with E-state index in [1.807, 2.05) is 25.7 Å². The average Bonchev–Trinajstić information content (AvgIpc) is 2.94. The van der Waals surface area contributed by atoms with Gasteiger partial charge in [-0.05, 0) is 58.2 Å². The summed E-state index contributed by atoms with van der Waals surface area (Å²) in [5.74, 6) is -8.09. The minimum Gasteiger partial charge on any atom is -0.510 e. The summed E-state index contributed by atoms with van der Waals surface area (Å²) in [7, 11) is -1.55. The van der Waals surface area contributed by atoms with Gasteiger partial charge in [-0.1, -0.05) is 20.3 Å². The summed E-state index contributed by atoms with van der Waals surface area (Å²) in [6.45, 7) is 6.49. The molecule has 260 valence electrons. The fraction of sp³-hybridized carbons (Fsp3) is 0.552. The smallest absolute Gasteiger partial charge is 0.394 e. The van der Waals surface area contributed by atoms with Crippen LogP contribution in [0.1, 0.15) is 62.4 Å². The van der Waals surface area contributed by atoms with Crippen molar-refractivity contribution in [3.8, 4) is 5.75 Å². The number of nitrogens with zero attached hydrogens (tertiary/aromatic N) is 3. The predicted molar refractivity (Wildman–Crippen MR) is 167 cm³/mol. The molecule has 3 aliphatic rings. The molecule has 18 heteroatoms. The van der Waals surface area contributed by atoms with Gasteiger partial charge in [0, 0.05) is 35.8 Å². The number of nitro groups is 1. The lowest BCUT2D eigenvalue weighted by Crippen LogP contribution is -2.63. The molecule has 1 amide bonds. The van der Waals surface area contributed by atoms with Crippen molar-refractivity contribution in [1.29, 1.82) is 0 Å². The number of phenolic OH excluding ortho intramolecular Hbond substituents is 1. The number of carbonyl (C=O) groups is 3. The molecule has 0 aromatic heterocycles. The number of rotatable bonds is 9. The minimum absolute atomic E-state index is 0.0501. The molecule has 17 nitrogen and oxygen atoms in total. The number of aliphatic hydroxyl groups excluding tert-OH is 2. The van der Waals surface area contributed by atoms with Gasteiger partial charge in [0.05, 0.1) is 16.5 Å². The second-order valence-electron chi connectivity index (χ2n) is 12.1. The van der Waals surface area contributed by atoms with E-state index in [-0.39, 0.29) is 30.0 Å². The summed E-state index contributed by atoms with van der Waals surface area (Å²) in [6.07, 6.45) is 2.30. The zero-order valence-corrected chi connectivity index (χ0v) is 27.3. The lowest BCUT2D eigenvalue weighted by atomic mass is 9.58. The van der Waals surface area contributed by atoms with Gasteiger partial charge in [0.25, 0.3) is 5.91 Å². The molecule has 1 aromatic carbocycles. The zero-order chi connectivity index (χ0) is 35.9. The number of aromatic hydroxyl groups is 1. The molecule has 5 atom stereocenters. The Morgan fingerprint density at radius 3 is 2.23 bits per heavy atom. The van der Waals surface area contributed by atoms with E-state index in [0.29, 0.717) is 24.2 Å². The number of nitrogens with two attached hydrogens (primary N) is 1. The van der Waals surface area contributed by atoms with Crippen molar-refractivity contribution < 1.29 is 57.3 Å². The molecule has 0 heterocycles. The van der Waals surface area contributed by atoms with Crippen molar-refractivity contribution in [3.63, 3.8) is 0 Å². The lowest BCUT2D eigenvalue weighted by Gasteiger charge is -2.50. The number of unbranched alkanes of at least 4 members (excludes halogenated alkanes) is 1. The van der Waals surface area contributed by atoms with Crippen molar-refractivity contribution >= 4 is 39.2 Å². The quantitative estimate of drug-likeness (QED) is 0.0844. The fourth-order valence-corrected chi connectivity index (χ4v) is 6.81. The molecular weight excluding hydrogens is 644 g/mol. The SMILES string of the molecule is CCCCN(c1cc([N+](=O)[O-])c(O)c2c1CC1CC3[C@H](N(C)C)C(O)=C(C(N)=O)C(=O)[C@@]3(O)C(O)=C1C2=O)C(C)CC.O=S(=O)(O)O. The molecule has 1 aromatic rings. The van der Waals surface area contributed by atoms with Crippen LogP contribution in [0.3, 0.4) is 0 Å². The van der Waals surface area contributed by atoms with Crippen LogP contribution in [0.4, 0.5) is 11.4 Å². The molecule has 0 saturated heterocycles. The van der Waals surface area contributed by atoms with Crippen LogP contribution in [0.15, 0.2) is 28.7 Å². The highest BCUT2D eigenvalue weighted by atomic mass is 32.3. The molecule has 0 aliphatic heterocycles. The average molecular weight is 685 g/mol. The number of nitro benzene ring substituents is 1. The van der Waals surface area contributed by atoms with Gasteiger partial charge >= 0.3 is 16.1 Å². The number of amides is 1. The van der Waals surface area contributed by atoms with Gasteiger partial charge in [-0.25, -0.2) is 0 Å². The van der Waals surface area contributed by atoms with E-state index in [0.717, 1.165) is 12.8 Å². The molecule has 47 heavy (non-hydrogen) atoms. The van der Waals surface area contributed by atoms with Crippen LogP contribution < -0.4 is 10.6 Å². The van der Waals surface area contributed by atoms with E-state index in [4.69, 9.17) is 23.3 Å². The maximum atomic E-state index is 14.1. The second kappa shape index (κ2) is 13.6. The first-order valence-corrected chi connectivity index (χ1v) is 16.2. The van der Waals surface area contributed by atoms with Crippen LogP contribution in [-0.2, 0) is 26.4 Å². The number of fused-ring (bicyclic) bond motifs is 3. The molecule has 0 spiro atoms. The van der Waals surface area contributed by atoms with E-state index in [9.17, 15) is 44.9 Å². The van der Waals surface area contributed by atoms with Crippen molar-refractivity contribution in [1.82, 2.24) is 4.90 Å². The maximum absolute atomic E-state index is 14.1. The Labute approximate surface area is 270 Å². The topological polar surface area (TPSA) is 282 Å². The number of ketones is 2. The molecule has 0 radical (unpaired) electrons. The number of phenols is 1. The summed E-state index contributed by atoms with van der Waals surface area (Å²) in [5.41, 5.74) is 1.06. The molecule has 3 aliphatic carbocycles. The lowest BCUT2D eigenvalue weighted by molar-refractivity contribution is -0.385. The number of benzene rings is 1. The third kappa shape index (κ3) is 6.68. The fourth-order valence-electron chi connectivity index (χ4n) is 6.81. The van der Waals surface area contributed by atoms with Gasteiger partial charge in [-0.3, -0.25) is 38.5 Å². The van der Waals surface area contributed by atoms with Crippen molar-refractivity contribution in [3.05, 3.63) is 50.0 Å². The van der Waals surface area contributed by atoms with Gasteiger partial charge in [0.2, 0.25) is 11.5 Å². The molecule has 0 saturated carbocycles. The van der Waals surface area contributed by atoms with Crippen LogP contribution >= 0.6 is 0 Å². The summed E-state index contributed by atoms with van der Waals surface area (Å²) < 4.78 is 31.6. The number of carbonyl (C=O) groups excluding carboxylic acids is 3. The minimum atomic E-state index is -4.67. The first-order chi connectivity index (χ1) is 21.6. The van der Waals surface area contributed by atoms with Gasteiger partial charge in [-0.2, -0.15) is 8.42 Å². The third-order valence-electron chi connectivity index (χ3n) is 9.06. The molecule has 0 fully saturated rings. The van der Waals surface area contributed by atoms with Crippen LogP contribution in [-0.4, -0.2) is 104 Å². The Balaban J connectivity index is 0.00000111. The molecule has 0 bridgehead atoms. The molecule has 4 rings (SSSR count).